The largest absolute Gasteiger partial charge is 0.383 e. The molecule has 0 saturated heterocycles. The Morgan fingerprint density at radius 2 is 1.95 bits per heavy atom. The SMILES string of the molecule is Nc1c(-c2ccc(Cl)c(Br)c2)nc2ccc(Cl)cn12. The summed E-state index contributed by atoms with van der Waals surface area (Å²) in [5, 5.41) is 1.26. The molecule has 0 atom stereocenters. The summed E-state index contributed by atoms with van der Waals surface area (Å²) in [4.78, 5) is 4.51. The molecule has 3 nitrogen and oxygen atoms in total. The number of nitrogens with two attached hydrogens (primary N) is 1. The number of rotatable bonds is 1. The number of hydrogen-bond acceptors (Lipinski definition) is 2. The van der Waals surface area contributed by atoms with Crippen LogP contribution in [0.3, 0.4) is 0 Å². The van der Waals surface area contributed by atoms with Crippen LogP contribution in [-0.2, 0) is 0 Å². The van der Waals surface area contributed by atoms with E-state index < -0.39 is 0 Å². The van der Waals surface area contributed by atoms with Crippen molar-refractivity contribution < 1.29 is 0 Å². The Morgan fingerprint density at radius 3 is 2.68 bits per heavy atom. The molecule has 0 bridgehead atoms. The van der Waals surface area contributed by atoms with Crippen molar-refractivity contribution in [3.05, 3.63) is 51.0 Å². The van der Waals surface area contributed by atoms with Crippen LogP contribution in [0.1, 0.15) is 0 Å². The maximum atomic E-state index is 6.12. The fourth-order valence-corrected chi connectivity index (χ4v) is 2.55. The second-order valence-corrected chi connectivity index (χ2v) is 5.75. The number of halogens is 3. The van der Waals surface area contributed by atoms with E-state index in [0.717, 1.165) is 15.7 Å². The molecule has 0 aliphatic rings. The average Bonchev–Trinajstić information content (AvgIpc) is 2.70. The van der Waals surface area contributed by atoms with Crippen LogP contribution in [0.5, 0.6) is 0 Å². The Labute approximate surface area is 128 Å². The van der Waals surface area contributed by atoms with Crippen LogP contribution in [0.15, 0.2) is 41.0 Å². The van der Waals surface area contributed by atoms with E-state index in [1.54, 1.807) is 22.7 Å². The number of fused-ring (bicyclic) bond motifs is 1. The molecule has 19 heavy (non-hydrogen) atoms. The lowest BCUT2D eigenvalue weighted by Gasteiger charge is -2.02. The highest BCUT2D eigenvalue weighted by Crippen LogP contribution is 2.32. The van der Waals surface area contributed by atoms with Gasteiger partial charge in [-0.3, -0.25) is 4.40 Å². The zero-order chi connectivity index (χ0) is 13.6. The van der Waals surface area contributed by atoms with Crippen molar-refractivity contribution in [2.24, 2.45) is 0 Å². The summed E-state index contributed by atoms with van der Waals surface area (Å²) >= 11 is 15.3. The van der Waals surface area contributed by atoms with Gasteiger partial charge in [0, 0.05) is 16.2 Å². The summed E-state index contributed by atoms with van der Waals surface area (Å²) in [6, 6.07) is 9.18. The number of pyridine rings is 1. The van der Waals surface area contributed by atoms with Crippen molar-refractivity contribution in [1.29, 1.82) is 0 Å². The summed E-state index contributed by atoms with van der Waals surface area (Å²) in [6.07, 6.45) is 1.74. The maximum Gasteiger partial charge on any atom is 0.139 e. The lowest BCUT2D eigenvalue weighted by molar-refractivity contribution is 1.20. The minimum Gasteiger partial charge on any atom is -0.383 e. The van der Waals surface area contributed by atoms with Gasteiger partial charge in [0.2, 0.25) is 0 Å². The second-order valence-electron chi connectivity index (χ2n) is 4.05. The summed E-state index contributed by atoms with van der Waals surface area (Å²) < 4.78 is 2.57. The van der Waals surface area contributed by atoms with Gasteiger partial charge in [-0.25, -0.2) is 4.98 Å². The molecule has 0 radical (unpaired) electrons. The lowest BCUT2D eigenvalue weighted by Crippen LogP contribution is -1.93. The molecule has 2 N–H and O–H groups in total. The average molecular weight is 357 g/mol. The molecule has 1 aromatic carbocycles. The molecule has 0 spiro atoms. The molecule has 0 amide bonds. The topological polar surface area (TPSA) is 43.3 Å². The van der Waals surface area contributed by atoms with Crippen molar-refractivity contribution in [1.82, 2.24) is 9.38 Å². The standard InChI is InChI=1S/C13H8BrCl2N3/c14-9-5-7(1-3-10(9)16)12-13(17)19-6-8(15)2-4-11(19)18-12/h1-6H,17H2. The van der Waals surface area contributed by atoms with E-state index in [4.69, 9.17) is 28.9 Å². The molecule has 3 aromatic rings. The smallest absolute Gasteiger partial charge is 0.139 e. The molecule has 6 heteroatoms. The molecule has 0 saturated carbocycles. The molecule has 0 fully saturated rings. The van der Waals surface area contributed by atoms with E-state index in [2.05, 4.69) is 20.9 Å². The summed E-state index contributed by atoms with van der Waals surface area (Å²) in [7, 11) is 0. The summed E-state index contributed by atoms with van der Waals surface area (Å²) in [5.41, 5.74) is 8.48. The molecule has 2 heterocycles. The van der Waals surface area contributed by atoms with Gasteiger partial charge in [0.15, 0.2) is 0 Å². The van der Waals surface area contributed by atoms with Gasteiger partial charge in [0.1, 0.15) is 17.2 Å². The van der Waals surface area contributed by atoms with Gasteiger partial charge in [-0.15, -0.1) is 0 Å². The zero-order valence-electron chi connectivity index (χ0n) is 9.57. The van der Waals surface area contributed by atoms with E-state index in [9.17, 15) is 0 Å². The second kappa shape index (κ2) is 4.71. The molecule has 3 rings (SSSR count). The highest BCUT2D eigenvalue weighted by Gasteiger charge is 2.12. The van der Waals surface area contributed by atoms with Gasteiger partial charge in [-0.1, -0.05) is 29.3 Å². The number of anilines is 1. The van der Waals surface area contributed by atoms with Crippen LogP contribution in [0, 0.1) is 0 Å². The van der Waals surface area contributed by atoms with Gasteiger partial charge in [0.05, 0.1) is 10.0 Å². The monoisotopic (exact) mass is 355 g/mol. The van der Waals surface area contributed by atoms with E-state index in [1.807, 2.05) is 18.2 Å². The first-order chi connectivity index (χ1) is 9.06. The van der Waals surface area contributed by atoms with Crippen molar-refractivity contribution in [3.8, 4) is 11.3 Å². The first-order valence-corrected chi connectivity index (χ1v) is 6.99. The zero-order valence-corrected chi connectivity index (χ0v) is 12.7. The van der Waals surface area contributed by atoms with Crippen LogP contribution >= 0.6 is 39.1 Å². The Kier molecular flexibility index (Phi) is 3.17. The first kappa shape index (κ1) is 12.8. The quantitative estimate of drug-likeness (QED) is 0.689. The lowest BCUT2D eigenvalue weighted by atomic mass is 10.1. The highest BCUT2D eigenvalue weighted by atomic mass is 79.9. The van der Waals surface area contributed by atoms with Gasteiger partial charge < -0.3 is 5.73 Å². The van der Waals surface area contributed by atoms with Gasteiger partial charge >= 0.3 is 0 Å². The number of nitrogen functional groups attached to an aromatic ring is 1. The van der Waals surface area contributed by atoms with Crippen molar-refractivity contribution in [2.75, 3.05) is 5.73 Å². The summed E-state index contributed by atoms with van der Waals surface area (Å²) in [6.45, 7) is 0. The number of imidazole rings is 1. The Hall–Kier alpha value is -1.23. The molecule has 0 aliphatic heterocycles. The third-order valence-corrected chi connectivity index (χ3v) is 4.25. The minimum absolute atomic E-state index is 0.548. The highest BCUT2D eigenvalue weighted by molar-refractivity contribution is 9.10. The Morgan fingerprint density at radius 1 is 1.16 bits per heavy atom. The Bertz CT molecular complexity index is 783. The molecular formula is C13H8BrCl2N3. The number of hydrogen-bond donors (Lipinski definition) is 1. The van der Waals surface area contributed by atoms with E-state index in [0.29, 0.717) is 21.6 Å². The van der Waals surface area contributed by atoms with Gasteiger partial charge in [0.25, 0.3) is 0 Å². The van der Waals surface area contributed by atoms with Crippen LogP contribution in [0.4, 0.5) is 5.82 Å². The molecule has 96 valence electrons. The van der Waals surface area contributed by atoms with Crippen LogP contribution in [0.2, 0.25) is 10.0 Å². The third kappa shape index (κ3) is 2.20. The molecule has 2 aromatic heterocycles. The Balaban J connectivity index is 2.24. The van der Waals surface area contributed by atoms with Crippen LogP contribution in [-0.4, -0.2) is 9.38 Å². The van der Waals surface area contributed by atoms with Crippen molar-refractivity contribution >= 4 is 50.6 Å². The number of aromatic nitrogens is 2. The molecular weight excluding hydrogens is 349 g/mol. The fraction of sp³-hybridized carbons (Fsp3) is 0. The van der Waals surface area contributed by atoms with Gasteiger partial charge in [-0.2, -0.15) is 0 Å². The predicted molar refractivity (Wildman–Crippen MR) is 82.8 cm³/mol. The molecule has 0 unspecified atom stereocenters. The molecule has 0 aliphatic carbocycles. The van der Waals surface area contributed by atoms with Crippen LogP contribution in [0.25, 0.3) is 16.9 Å². The van der Waals surface area contributed by atoms with Crippen molar-refractivity contribution in [2.45, 2.75) is 0 Å². The predicted octanol–water partition coefficient (Wildman–Crippen LogP) is 4.65. The minimum atomic E-state index is 0.548. The van der Waals surface area contributed by atoms with Gasteiger partial charge in [-0.05, 0) is 40.2 Å². The van der Waals surface area contributed by atoms with E-state index in [1.165, 1.54) is 0 Å². The fourth-order valence-electron chi connectivity index (χ4n) is 1.89. The first-order valence-electron chi connectivity index (χ1n) is 5.45. The summed E-state index contributed by atoms with van der Waals surface area (Å²) in [5.74, 6) is 0.548. The normalized spacial score (nSPS) is 11.1. The third-order valence-electron chi connectivity index (χ3n) is 2.81. The number of nitrogens with zero attached hydrogens (tertiary/aromatic N) is 2. The maximum absolute atomic E-state index is 6.12. The number of benzene rings is 1. The van der Waals surface area contributed by atoms with Crippen molar-refractivity contribution in [3.63, 3.8) is 0 Å². The van der Waals surface area contributed by atoms with E-state index >= 15 is 0 Å². The van der Waals surface area contributed by atoms with Crippen LogP contribution < -0.4 is 5.73 Å². The van der Waals surface area contributed by atoms with E-state index in [-0.39, 0.29) is 0 Å².